The van der Waals surface area contributed by atoms with Gasteiger partial charge in [0, 0.05) is 108 Å². The smallest absolute Gasteiger partial charge is 0.243 e. The largest absolute Gasteiger partial charge is 0.492 e. The van der Waals surface area contributed by atoms with Gasteiger partial charge in [-0.1, -0.05) is 77.8 Å². The minimum absolute atomic E-state index is 0.155. The topological polar surface area (TPSA) is 299 Å². The number of nitrogens with one attached hydrogen (secondary N) is 9. The van der Waals surface area contributed by atoms with Crippen LogP contribution in [0.1, 0.15) is 126 Å². The number of amides is 9. The fourth-order valence-electron chi connectivity index (χ4n) is 14.4. The van der Waals surface area contributed by atoms with Gasteiger partial charge >= 0.3 is 0 Å². The summed E-state index contributed by atoms with van der Waals surface area (Å²) in [5, 5.41) is 28.3. The molecule has 6 aliphatic rings. The molecule has 9 amide bonds. The first kappa shape index (κ1) is 91.4. The molecule has 3 aliphatic heterocycles. The molecule has 0 aromatic heterocycles. The van der Waals surface area contributed by atoms with Crippen LogP contribution in [0.4, 0.5) is 17.6 Å². The van der Waals surface area contributed by atoms with Crippen LogP contribution in [0, 0.1) is 41.0 Å². The second-order valence-electron chi connectivity index (χ2n) is 31.9. The SMILES string of the molecule is C[C@@H]1C(=O)N[C@H](Cc2ccc(Cl)cc2)C(=O)NCCCc2ccc(F)cc2OCCN[C@@H](C2CC2)C(=O)N1C.C[C@@H]1CN[C@@H](C2CC2)C(=O)N(C)[C@H](C)C(=O)N[C@H](Cc2ccc(Cl)cc2)C(=O)NCCCc2ccc(F)cc2O1.C[C@@H]1CN[C@@H](C2CC2)C(=O)N(C)[C@H](C)C(=O)N[C@H](Cc2ccc(F)cc2)C(=O)NCCCc2ccc(F)cc2O1. The maximum absolute atomic E-state index is 14.1. The number of likely N-dealkylation sites (N-methyl/N-ethyl adjacent to an activating group) is 3. The summed E-state index contributed by atoms with van der Waals surface area (Å²) < 4.78 is 73.6. The van der Waals surface area contributed by atoms with Crippen molar-refractivity contribution in [3.63, 3.8) is 0 Å². The lowest BCUT2D eigenvalue weighted by Crippen LogP contribution is -2.57. The van der Waals surface area contributed by atoms with Crippen LogP contribution in [0.3, 0.4) is 0 Å². The molecule has 0 radical (unpaired) electrons. The van der Waals surface area contributed by atoms with E-state index in [1.165, 1.54) is 63.2 Å². The van der Waals surface area contributed by atoms with Crippen molar-refractivity contribution in [1.82, 2.24) is 62.6 Å². The highest BCUT2D eigenvalue weighted by molar-refractivity contribution is 6.30. The Labute approximate surface area is 703 Å². The maximum atomic E-state index is 14.1. The van der Waals surface area contributed by atoms with Gasteiger partial charge in [-0.2, -0.15) is 0 Å². The number of carbonyl (C=O) groups excluding carboxylic acids is 9. The third-order valence-corrected chi connectivity index (χ3v) is 22.9. The summed E-state index contributed by atoms with van der Waals surface area (Å²) >= 11 is 12.0. The number of fused-ring (bicyclic) bond motifs is 3. The summed E-state index contributed by atoms with van der Waals surface area (Å²) in [7, 11) is 4.79. The lowest BCUT2D eigenvalue weighted by molar-refractivity contribution is -0.141. The van der Waals surface area contributed by atoms with Gasteiger partial charge in [0.05, 0.1) is 18.1 Å². The van der Waals surface area contributed by atoms with Crippen molar-refractivity contribution in [2.24, 2.45) is 17.8 Å². The van der Waals surface area contributed by atoms with Gasteiger partial charge in [0.2, 0.25) is 53.2 Å². The van der Waals surface area contributed by atoms with E-state index in [4.69, 9.17) is 37.4 Å². The van der Waals surface area contributed by atoms with Crippen LogP contribution in [0.15, 0.2) is 127 Å². The Morgan fingerprint density at radius 1 is 0.370 bits per heavy atom. The van der Waals surface area contributed by atoms with Crippen molar-refractivity contribution in [3.8, 4) is 17.2 Å². The first-order valence-electron chi connectivity index (χ1n) is 41.3. The van der Waals surface area contributed by atoms with Gasteiger partial charge in [-0.3, -0.25) is 43.2 Å². The molecule has 3 saturated carbocycles. The Morgan fingerprint density at radius 3 is 0.992 bits per heavy atom. The number of ether oxygens (including phenoxy) is 3. The quantitative estimate of drug-likeness (QED) is 0.0611. The van der Waals surface area contributed by atoms with Crippen LogP contribution in [0.5, 0.6) is 17.2 Å². The third-order valence-electron chi connectivity index (χ3n) is 22.4. The number of hydrogen-bond acceptors (Lipinski definition) is 15. The molecule has 30 heteroatoms. The molecular formula is C89H112Cl2F4N12O12. The molecule has 3 fully saturated rings. The Hall–Kier alpha value is -9.87. The molecule has 12 rings (SSSR count). The van der Waals surface area contributed by atoms with Crippen LogP contribution < -0.4 is 62.1 Å². The molecule has 0 spiro atoms. The standard InChI is InChI=1S/C30H38ClFN4O4.C30H38F2N4O4.C29H36ClFN4O4/c2*1-18-17-34-27(22-8-9-22)30(39)36(3)19(2)28(37)35-25(15-20-6-11-23(31)12-7-20)29(38)33-14-4-5-21-10-13-24(32)16-26(21)40-18;1-18-27(36)34-24(16-19-5-10-22(30)11-6-19)28(37)33-13-3-4-20-9-12-23(31)17-25(20)39-15-14-32-26(21-7-8-21)29(38)35(18)2/h2*6-7,10-13,16,18-19,22,25,27,34H,4-5,8-9,14-15,17H2,1-3H3,(H,33,38)(H,35,37);5-6,9-12,17-18,21,24,26,32H,3-4,7-8,13-16H2,1-2H3,(H,33,37)(H,34,36)/t2*18-,19-,25-,27+;18-,24-,26+/m111/s1. The Morgan fingerprint density at radius 2 is 0.664 bits per heavy atom. The number of aryl methyl sites for hydroxylation is 3. The molecule has 6 aromatic rings. The number of benzene rings is 6. The van der Waals surface area contributed by atoms with Crippen LogP contribution in [-0.2, 0) is 81.7 Å². The highest BCUT2D eigenvalue weighted by Crippen LogP contribution is 2.37. The first-order chi connectivity index (χ1) is 57.0. The molecule has 3 aliphatic carbocycles. The molecule has 0 saturated heterocycles. The van der Waals surface area contributed by atoms with E-state index >= 15 is 0 Å². The minimum Gasteiger partial charge on any atom is -0.492 e. The molecule has 119 heavy (non-hydrogen) atoms. The van der Waals surface area contributed by atoms with E-state index in [0.717, 1.165) is 66.3 Å². The van der Waals surface area contributed by atoms with E-state index in [-0.39, 0.29) is 97.1 Å². The Bertz CT molecular complexity index is 4280. The lowest BCUT2D eigenvalue weighted by atomic mass is 10.0. The molecule has 9 N–H and O–H groups in total. The number of nitrogens with zero attached hydrogens (tertiary/aromatic N) is 3. The van der Waals surface area contributed by atoms with Crippen LogP contribution >= 0.6 is 23.2 Å². The average Bonchev–Trinajstić information content (AvgIpc) is 1.72. The van der Waals surface area contributed by atoms with Crippen molar-refractivity contribution < 1.29 is 74.9 Å². The van der Waals surface area contributed by atoms with Crippen molar-refractivity contribution in [2.45, 2.75) is 198 Å². The van der Waals surface area contributed by atoms with Crippen molar-refractivity contribution in [3.05, 3.63) is 194 Å². The van der Waals surface area contributed by atoms with Gasteiger partial charge < -0.3 is 76.8 Å². The van der Waals surface area contributed by atoms with Crippen molar-refractivity contribution in [2.75, 3.05) is 67.0 Å². The van der Waals surface area contributed by atoms with Gasteiger partial charge in [-0.15, -0.1) is 0 Å². The van der Waals surface area contributed by atoms with Crippen molar-refractivity contribution in [1.29, 1.82) is 0 Å². The number of carbonyl (C=O) groups is 9. The van der Waals surface area contributed by atoms with Crippen molar-refractivity contribution >= 4 is 76.4 Å². The summed E-state index contributed by atoms with van der Waals surface area (Å²) in [5.74, 6) is -2.63. The van der Waals surface area contributed by atoms with Gasteiger partial charge in [-0.25, -0.2) is 17.6 Å². The van der Waals surface area contributed by atoms with Crippen LogP contribution in [0.2, 0.25) is 10.0 Å². The van der Waals surface area contributed by atoms with Crippen LogP contribution in [-0.4, -0.2) is 201 Å². The minimum atomic E-state index is -0.925. The lowest BCUT2D eigenvalue weighted by Gasteiger charge is -2.31. The molecule has 642 valence electrons. The van der Waals surface area contributed by atoms with E-state index in [1.54, 1.807) is 96.5 Å². The molecule has 11 atom stereocenters. The van der Waals surface area contributed by atoms with E-state index in [1.807, 2.05) is 38.1 Å². The summed E-state index contributed by atoms with van der Waals surface area (Å²) in [6, 6.07) is 26.8. The van der Waals surface area contributed by atoms with Gasteiger partial charge in [-0.05, 0) is 217 Å². The fourth-order valence-corrected chi connectivity index (χ4v) is 14.6. The number of halogens is 6. The monoisotopic (exact) mass is 1690 g/mol. The van der Waals surface area contributed by atoms with Gasteiger partial charge in [0.1, 0.15) is 95.6 Å². The van der Waals surface area contributed by atoms with Gasteiger partial charge in [0.25, 0.3) is 0 Å². The van der Waals surface area contributed by atoms with Gasteiger partial charge in [0.15, 0.2) is 0 Å². The zero-order valence-corrected chi connectivity index (χ0v) is 70.3. The molecule has 3 heterocycles. The van der Waals surface area contributed by atoms with E-state index in [2.05, 4.69) is 47.9 Å². The Balaban J connectivity index is 0.000000188. The first-order valence-corrected chi connectivity index (χ1v) is 42.0. The molecule has 0 unspecified atom stereocenters. The van der Waals surface area contributed by atoms with E-state index in [9.17, 15) is 60.7 Å². The summed E-state index contributed by atoms with van der Waals surface area (Å²) in [6.45, 7) is 11.1. The second-order valence-corrected chi connectivity index (χ2v) is 32.8. The summed E-state index contributed by atoms with van der Waals surface area (Å²) in [6.07, 6.45) is 8.96. The zero-order chi connectivity index (χ0) is 85.6. The van der Waals surface area contributed by atoms with E-state index < -0.39 is 89.5 Å². The number of hydrogen-bond donors (Lipinski definition) is 9. The summed E-state index contributed by atoms with van der Waals surface area (Å²) in [5.41, 5.74) is 4.83. The molecule has 0 bridgehead atoms. The maximum Gasteiger partial charge on any atom is 0.243 e. The van der Waals surface area contributed by atoms with E-state index in [0.29, 0.717) is 111 Å². The summed E-state index contributed by atoms with van der Waals surface area (Å²) in [4.78, 5) is 124. The molecular weight excluding hydrogens is 1580 g/mol. The fraction of sp³-hybridized carbons (Fsp3) is 0.494. The predicted octanol–water partition coefficient (Wildman–Crippen LogP) is 8.85. The normalized spacial score (nSPS) is 25.1. The van der Waals surface area contributed by atoms with Crippen LogP contribution in [0.25, 0.3) is 0 Å². The predicted molar refractivity (Wildman–Crippen MR) is 445 cm³/mol. The second kappa shape index (κ2) is 43.9. The third kappa shape index (κ3) is 27.6. The highest BCUT2D eigenvalue weighted by Gasteiger charge is 2.43. The Kier molecular flexibility index (Phi) is 33.7. The number of rotatable bonds is 9. The highest BCUT2D eigenvalue weighted by atomic mass is 35.5. The average molecular weight is 1690 g/mol. The zero-order valence-electron chi connectivity index (χ0n) is 68.8. The molecule has 24 nitrogen and oxygen atoms in total. The molecule has 6 aromatic carbocycles.